The van der Waals surface area contributed by atoms with Gasteiger partial charge in [-0.15, -0.1) is 0 Å². The molecule has 0 saturated heterocycles. The minimum Gasteiger partial charge on any atom is -0.396 e. The van der Waals surface area contributed by atoms with Gasteiger partial charge in [-0.05, 0) is 18.9 Å². The Hall–Kier alpha value is -2.20. The summed E-state index contributed by atoms with van der Waals surface area (Å²) in [6.45, 7) is 0.887. The third kappa shape index (κ3) is 4.20. The van der Waals surface area contributed by atoms with Crippen LogP contribution in [0.25, 0.3) is 0 Å². The molecule has 2 N–H and O–H groups in total. The fourth-order valence-corrected chi connectivity index (χ4v) is 3.42. The van der Waals surface area contributed by atoms with Crippen molar-refractivity contribution in [2.24, 2.45) is 5.92 Å². The molecule has 4 heteroatoms. The van der Waals surface area contributed by atoms with E-state index in [0.717, 1.165) is 32.2 Å². The molecule has 1 heterocycles. The molecule has 1 fully saturated rings. The van der Waals surface area contributed by atoms with Gasteiger partial charge in [0.25, 0.3) is 5.91 Å². The monoisotopic (exact) mass is 325 g/mol. The minimum absolute atomic E-state index is 0.0530. The fraction of sp³-hybridized carbons (Fsp3) is 0.400. The maximum Gasteiger partial charge on any atom is 0.257 e. The molecule has 24 heavy (non-hydrogen) atoms. The molecule has 0 radical (unpaired) electrons. The number of hydrogen-bond acceptors (Lipinski definition) is 2. The van der Waals surface area contributed by atoms with Crippen molar-refractivity contribution in [3.8, 4) is 0 Å². The third-order valence-electron chi connectivity index (χ3n) is 4.79. The van der Waals surface area contributed by atoms with Crippen LogP contribution in [0.4, 0.5) is 0 Å². The standard InChI is InChI=1S/C20H24N2O2/c23-15-18-9-4-5-11-19(18)21-20(24)17-10-6-12-22(14-17)13-16-7-2-1-3-8-16/h1-3,6-8,10,12,14,18-19,23H,4-5,9,11,13,15H2/p+1/t18-,19-/m0/s1. The van der Waals surface area contributed by atoms with Gasteiger partial charge in [-0.25, -0.2) is 0 Å². The highest BCUT2D eigenvalue weighted by molar-refractivity contribution is 5.93. The molecule has 0 aliphatic heterocycles. The summed E-state index contributed by atoms with van der Waals surface area (Å²) in [5.74, 6) is 0.130. The second-order valence-corrected chi connectivity index (χ2v) is 6.56. The Morgan fingerprint density at radius 1 is 1.12 bits per heavy atom. The third-order valence-corrected chi connectivity index (χ3v) is 4.79. The molecule has 0 spiro atoms. The van der Waals surface area contributed by atoms with Crippen LogP contribution in [0.3, 0.4) is 0 Å². The molecule has 1 aromatic heterocycles. The molecule has 1 aromatic carbocycles. The smallest absolute Gasteiger partial charge is 0.257 e. The summed E-state index contributed by atoms with van der Waals surface area (Å²) in [4.78, 5) is 12.6. The molecule has 0 unspecified atom stereocenters. The maximum atomic E-state index is 12.6. The summed E-state index contributed by atoms with van der Waals surface area (Å²) in [7, 11) is 0. The lowest BCUT2D eigenvalue weighted by molar-refractivity contribution is -0.688. The molecule has 4 nitrogen and oxygen atoms in total. The van der Waals surface area contributed by atoms with Crippen molar-refractivity contribution in [1.82, 2.24) is 5.32 Å². The summed E-state index contributed by atoms with van der Waals surface area (Å²) >= 11 is 0. The van der Waals surface area contributed by atoms with Crippen LogP contribution in [-0.2, 0) is 6.54 Å². The number of nitrogens with one attached hydrogen (secondary N) is 1. The van der Waals surface area contributed by atoms with Crippen molar-refractivity contribution in [2.75, 3.05) is 6.61 Å². The summed E-state index contributed by atoms with van der Waals surface area (Å²) in [6, 6.07) is 14.0. The van der Waals surface area contributed by atoms with Gasteiger partial charge < -0.3 is 10.4 Å². The Balaban J connectivity index is 1.67. The Kier molecular flexibility index (Phi) is 5.59. The maximum absolute atomic E-state index is 12.6. The Morgan fingerprint density at radius 3 is 2.71 bits per heavy atom. The van der Waals surface area contributed by atoms with Crippen molar-refractivity contribution in [3.05, 3.63) is 66.0 Å². The van der Waals surface area contributed by atoms with E-state index in [9.17, 15) is 9.90 Å². The highest BCUT2D eigenvalue weighted by Crippen LogP contribution is 2.24. The summed E-state index contributed by atoms with van der Waals surface area (Å²) in [5, 5.41) is 12.6. The number of carbonyl (C=O) groups excluding carboxylic acids is 1. The number of nitrogens with zero attached hydrogens (tertiary/aromatic N) is 1. The van der Waals surface area contributed by atoms with Gasteiger partial charge in [0.15, 0.2) is 18.9 Å². The molecule has 3 rings (SSSR count). The minimum atomic E-state index is -0.0530. The van der Waals surface area contributed by atoms with E-state index >= 15 is 0 Å². The first-order valence-corrected chi connectivity index (χ1v) is 8.71. The van der Waals surface area contributed by atoms with E-state index in [-0.39, 0.29) is 24.5 Å². The topological polar surface area (TPSA) is 53.2 Å². The van der Waals surface area contributed by atoms with Gasteiger partial charge in [0.1, 0.15) is 5.56 Å². The molecule has 1 saturated carbocycles. The van der Waals surface area contributed by atoms with Gasteiger partial charge in [-0.1, -0.05) is 43.2 Å². The highest BCUT2D eigenvalue weighted by atomic mass is 16.3. The van der Waals surface area contributed by atoms with Crippen molar-refractivity contribution < 1.29 is 14.5 Å². The van der Waals surface area contributed by atoms with E-state index in [1.54, 1.807) is 0 Å². The first kappa shape index (κ1) is 16.7. The highest BCUT2D eigenvalue weighted by Gasteiger charge is 2.26. The summed E-state index contributed by atoms with van der Waals surface area (Å²) in [5.41, 5.74) is 1.86. The molecule has 1 aliphatic carbocycles. The first-order chi connectivity index (χ1) is 11.8. The average molecular weight is 325 g/mol. The number of hydrogen-bond donors (Lipinski definition) is 2. The van der Waals surface area contributed by atoms with Gasteiger partial charge in [-0.2, -0.15) is 4.57 Å². The molecule has 2 aromatic rings. The molecule has 0 bridgehead atoms. The summed E-state index contributed by atoms with van der Waals surface area (Å²) < 4.78 is 2.02. The number of benzene rings is 1. The number of carbonyl (C=O) groups is 1. The van der Waals surface area contributed by atoms with Gasteiger partial charge in [0.2, 0.25) is 0 Å². The second kappa shape index (κ2) is 8.06. The fourth-order valence-electron chi connectivity index (χ4n) is 3.42. The normalized spacial score (nSPS) is 20.5. The predicted octanol–water partition coefficient (Wildman–Crippen LogP) is 2.30. The van der Waals surface area contributed by atoms with E-state index in [4.69, 9.17) is 0 Å². The number of aliphatic hydroxyl groups is 1. The zero-order valence-corrected chi connectivity index (χ0v) is 13.9. The Labute approximate surface area is 143 Å². The van der Waals surface area contributed by atoms with Crippen LogP contribution in [-0.4, -0.2) is 23.7 Å². The largest absolute Gasteiger partial charge is 0.396 e. The molecular weight excluding hydrogens is 300 g/mol. The van der Waals surface area contributed by atoms with E-state index in [2.05, 4.69) is 17.4 Å². The quantitative estimate of drug-likeness (QED) is 0.829. The number of aliphatic hydroxyl groups excluding tert-OH is 1. The van der Waals surface area contributed by atoms with E-state index in [1.165, 1.54) is 5.56 Å². The predicted molar refractivity (Wildman–Crippen MR) is 92.5 cm³/mol. The van der Waals surface area contributed by atoms with E-state index in [0.29, 0.717) is 5.56 Å². The van der Waals surface area contributed by atoms with Crippen LogP contribution in [0.15, 0.2) is 54.9 Å². The van der Waals surface area contributed by atoms with Crippen molar-refractivity contribution in [2.45, 2.75) is 38.3 Å². The van der Waals surface area contributed by atoms with Crippen molar-refractivity contribution in [3.63, 3.8) is 0 Å². The van der Waals surface area contributed by atoms with Crippen molar-refractivity contribution >= 4 is 5.91 Å². The van der Waals surface area contributed by atoms with Gasteiger partial charge in [-0.3, -0.25) is 4.79 Å². The molecule has 126 valence electrons. The average Bonchev–Trinajstić information content (AvgIpc) is 2.63. The zero-order valence-electron chi connectivity index (χ0n) is 13.9. The van der Waals surface area contributed by atoms with Crippen LogP contribution in [0.2, 0.25) is 0 Å². The lowest BCUT2D eigenvalue weighted by Gasteiger charge is -2.30. The van der Waals surface area contributed by atoms with E-state index < -0.39 is 0 Å². The summed E-state index contributed by atoms with van der Waals surface area (Å²) in [6.07, 6.45) is 8.06. The van der Waals surface area contributed by atoms with Crippen LogP contribution < -0.4 is 9.88 Å². The zero-order chi connectivity index (χ0) is 16.8. The number of amides is 1. The van der Waals surface area contributed by atoms with Crippen LogP contribution in [0.1, 0.15) is 41.6 Å². The number of rotatable bonds is 5. The van der Waals surface area contributed by atoms with E-state index in [1.807, 2.05) is 47.3 Å². The van der Waals surface area contributed by atoms with Gasteiger partial charge in [0, 0.05) is 30.2 Å². The van der Waals surface area contributed by atoms with Crippen LogP contribution in [0.5, 0.6) is 0 Å². The molecule has 2 atom stereocenters. The number of pyridine rings is 1. The van der Waals surface area contributed by atoms with Gasteiger partial charge in [0.05, 0.1) is 0 Å². The molecular formula is C20H25N2O2+. The lowest BCUT2D eigenvalue weighted by atomic mass is 9.85. The lowest BCUT2D eigenvalue weighted by Crippen LogP contribution is -2.44. The molecule has 1 aliphatic rings. The number of aromatic nitrogens is 1. The Morgan fingerprint density at radius 2 is 1.92 bits per heavy atom. The van der Waals surface area contributed by atoms with Crippen LogP contribution >= 0.6 is 0 Å². The second-order valence-electron chi connectivity index (χ2n) is 6.56. The SMILES string of the molecule is O=C(N[C@H]1CCCC[C@H]1CO)c1ccc[n+](Cc2ccccc2)c1. The Bertz CT molecular complexity index is 672. The first-order valence-electron chi connectivity index (χ1n) is 8.71. The van der Waals surface area contributed by atoms with Crippen molar-refractivity contribution in [1.29, 1.82) is 0 Å². The van der Waals surface area contributed by atoms with Crippen LogP contribution in [0, 0.1) is 5.92 Å². The van der Waals surface area contributed by atoms with Gasteiger partial charge >= 0.3 is 0 Å². The molecule has 1 amide bonds.